The van der Waals surface area contributed by atoms with Crippen LogP contribution in [0.4, 0.5) is 10.5 Å². The molecule has 0 saturated heterocycles. The van der Waals surface area contributed by atoms with Crippen molar-refractivity contribution >= 4 is 23.6 Å². The molecule has 0 aromatic heterocycles. The van der Waals surface area contributed by atoms with E-state index in [1.54, 1.807) is 59.7 Å². The topological polar surface area (TPSA) is 132 Å². The lowest BCUT2D eigenvalue weighted by Gasteiger charge is -2.34. The third kappa shape index (κ3) is 7.97. The molecule has 0 saturated carbocycles. The standard InChI is InChI=1S/C28H36N4O5/c1-17(2)23(31-27(36)37-28(5,6)7)26(35)32(15-14-29)24(20-12-13-22(33)19(4)16-20)25(34)30-21-11-9-8-10-18(21)3/h8-13,16-17,23-24,33H,15H2,1-7H3,(H,30,34)(H,31,36). The molecule has 198 valence electrons. The number of carbonyl (C=O) groups excluding carboxylic acids is 3. The molecule has 0 aliphatic heterocycles. The third-order valence-electron chi connectivity index (χ3n) is 5.63. The molecule has 0 aliphatic rings. The van der Waals surface area contributed by atoms with E-state index in [-0.39, 0.29) is 11.7 Å². The molecule has 0 heterocycles. The number of phenols is 1. The van der Waals surface area contributed by atoms with E-state index in [1.807, 2.05) is 25.1 Å². The van der Waals surface area contributed by atoms with Gasteiger partial charge in [-0.1, -0.05) is 38.1 Å². The van der Waals surface area contributed by atoms with Crippen molar-refractivity contribution in [1.29, 1.82) is 5.26 Å². The Morgan fingerprint density at radius 2 is 1.73 bits per heavy atom. The van der Waals surface area contributed by atoms with Crippen molar-refractivity contribution in [3.63, 3.8) is 0 Å². The van der Waals surface area contributed by atoms with Crippen molar-refractivity contribution in [3.8, 4) is 11.8 Å². The van der Waals surface area contributed by atoms with Crippen molar-refractivity contribution in [2.24, 2.45) is 5.92 Å². The molecule has 0 spiro atoms. The van der Waals surface area contributed by atoms with Crippen LogP contribution < -0.4 is 10.6 Å². The Balaban J connectivity index is 2.54. The summed E-state index contributed by atoms with van der Waals surface area (Å²) in [6.07, 6.45) is -0.780. The van der Waals surface area contributed by atoms with Crippen LogP contribution in [0.3, 0.4) is 0 Å². The van der Waals surface area contributed by atoms with E-state index < -0.39 is 42.1 Å². The number of hydrogen-bond donors (Lipinski definition) is 3. The number of alkyl carbamates (subject to hydrolysis) is 1. The SMILES string of the molecule is Cc1cc(C(C(=O)Nc2ccccc2C)N(CC#N)C(=O)C(NC(=O)OC(C)(C)C)C(C)C)ccc1O. The first-order chi connectivity index (χ1) is 17.2. The highest BCUT2D eigenvalue weighted by Crippen LogP contribution is 2.29. The molecule has 3 amide bonds. The maximum atomic E-state index is 13.8. The van der Waals surface area contributed by atoms with Gasteiger partial charge in [0.15, 0.2) is 0 Å². The highest BCUT2D eigenvalue weighted by atomic mass is 16.6. The fourth-order valence-electron chi connectivity index (χ4n) is 3.74. The summed E-state index contributed by atoms with van der Waals surface area (Å²) in [6, 6.07) is 11.5. The van der Waals surface area contributed by atoms with Crippen molar-refractivity contribution < 1.29 is 24.2 Å². The molecular formula is C28H36N4O5. The van der Waals surface area contributed by atoms with Crippen LogP contribution in [0.1, 0.15) is 57.4 Å². The number of nitrogens with zero attached hydrogens (tertiary/aromatic N) is 2. The van der Waals surface area contributed by atoms with Gasteiger partial charge in [0.05, 0.1) is 6.07 Å². The molecule has 2 aromatic carbocycles. The van der Waals surface area contributed by atoms with Crippen LogP contribution in [0.2, 0.25) is 0 Å². The largest absolute Gasteiger partial charge is 0.508 e. The first-order valence-corrected chi connectivity index (χ1v) is 12.1. The molecule has 2 rings (SSSR count). The number of hydrogen-bond acceptors (Lipinski definition) is 6. The van der Waals surface area contributed by atoms with E-state index in [0.29, 0.717) is 16.8 Å². The quantitative estimate of drug-likeness (QED) is 0.447. The number of phenolic OH excluding ortho intramolecular Hbond substituents is 1. The lowest BCUT2D eigenvalue weighted by Crippen LogP contribution is -2.54. The summed E-state index contributed by atoms with van der Waals surface area (Å²) >= 11 is 0. The normalized spacial score (nSPS) is 12.7. The minimum atomic E-state index is -1.22. The number of nitrogens with one attached hydrogen (secondary N) is 2. The minimum absolute atomic E-state index is 0.0339. The Kier molecular flexibility index (Phi) is 9.67. The lowest BCUT2D eigenvalue weighted by molar-refractivity contribution is -0.140. The maximum Gasteiger partial charge on any atom is 0.408 e. The van der Waals surface area contributed by atoms with Gasteiger partial charge < -0.3 is 25.4 Å². The van der Waals surface area contributed by atoms with Crippen LogP contribution in [0.25, 0.3) is 0 Å². The Morgan fingerprint density at radius 1 is 1.08 bits per heavy atom. The first-order valence-electron chi connectivity index (χ1n) is 12.1. The molecule has 2 atom stereocenters. The molecule has 0 radical (unpaired) electrons. The Morgan fingerprint density at radius 3 is 2.27 bits per heavy atom. The number of aromatic hydroxyl groups is 1. The van der Waals surface area contributed by atoms with Gasteiger partial charge in [-0.05, 0) is 75.4 Å². The van der Waals surface area contributed by atoms with E-state index >= 15 is 0 Å². The monoisotopic (exact) mass is 508 g/mol. The van der Waals surface area contributed by atoms with Gasteiger partial charge in [0.1, 0.15) is 30.0 Å². The average molecular weight is 509 g/mol. The number of aryl methyl sites for hydroxylation is 2. The van der Waals surface area contributed by atoms with Crippen molar-refractivity contribution in [2.75, 3.05) is 11.9 Å². The van der Waals surface area contributed by atoms with Crippen molar-refractivity contribution in [2.45, 2.75) is 66.2 Å². The minimum Gasteiger partial charge on any atom is -0.508 e. The first kappa shape index (κ1) is 29.2. The summed E-state index contributed by atoms with van der Waals surface area (Å²) in [5.41, 5.74) is 1.51. The van der Waals surface area contributed by atoms with Gasteiger partial charge in [0, 0.05) is 5.69 Å². The van der Waals surface area contributed by atoms with Gasteiger partial charge in [-0.2, -0.15) is 5.26 Å². The second-order valence-corrected chi connectivity index (χ2v) is 10.2. The van der Waals surface area contributed by atoms with Gasteiger partial charge in [0.25, 0.3) is 5.91 Å². The van der Waals surface area contributed by atoms with E-state index in [9.17, 15) is 24.8 Å². The number of para-hydroxylation sites is 1. The molecule has 37 heavy (non-hydrogen) atoms. The van der Waals surface area contributed by atoms with E-state index in [4.69, 9.17) is 4.74 Å². The number of nitriles is 1. The Hall–Kier alpha value is -4.06. The number of anilines is 1. The Bertz CT molecular complexity index is 1180. The summed E-state index contributed by atoms with van der Waals surface area (Å²) in [6.45, 7) is 11.7. The fourth-order valence-corrected chi connectivity index (χ4v) is 3.74. The second-order valence-electron chi connectivity index (χ2n) is 10.2. The van der Waals surface area contributed by atoms with E-state index in [2.05, 4.69) is 10.6 Å². The predicted molar refractivity (Wildman–Crippen MR) is 141 cm³/mol. The smallest absolute Gasteiger partial charge is 0.408 e. The molecule has 0 bridgehead atoms. The van der Waals surface area contributed by atoms with Gasteiger partial charge >= 0.3 is 6.09 Å². The van der Waals surface area contributed by atoms with Gasteiger partial charge in [-0.15, -0.1) is 0 Å². The summed E-state index contributed by atoms with van der Waals surface area (Å²) < 4.78 is 5.33. The molecule has 9 heteroatoms. The zero-order chi connectivity index (χ0) is 27.9. The molecular weight excluding hydrogens is 472 g/mol. The third-order valence-corrected chi connectivity index (χ3v) is 5.63. The number of rotatable bonds is 8. The summed E-state index contributed by atoms with van der Waals surface area (Å²) in [5.74, 6) is -1.49. The molecule has 2 unspecified atom stereocenters. The zero-order valence-electron chi connectivity index (χ0n) is 22.5. The van der Waals surface area contributed by atoms with Crippen LogP contribution in [-0.2, 0) is 14.3 Å². The second kappa shape index (κ2) is 12.3. The molecule has 0 aliphatic carbocycles. The van der Waals surface area contributed by atoms with E-state index in [0.717, 1.165) is 10.5 Å². The van der Waals surface area contributed by atoms with Crippen LogP contribution in [0, 0.1) is 31.1 Å². The number of ether oxygens (including phenoxy) is 1. The van der Waals surface area contributed by atoms with Crippen LogP contribution in [0.15, 0.2) is 42.5 Å². The fraction of sp³-hybridized carbons (Fsp3) is 0.429. The highest BCUT2D eigenvalue weighted by Gasteiger charge is 2.37. The summed E-state index contributed by atoms with van der Waals surface area (Å²) in [5, 5.41) is 25.1. The maximum absolute atomic E-state index is 13.8. The molecule has 3 N–H and O–H groups in total. The van der Waals surface area contributed by atoms with Crippen LogP contribution in [-0.4, -0.2) is 46.1 Å². The van der Waals surface area contributed by atoms with Gasteiger partial charge in [-0.25, -0.2) is 4.79 Å². The number of carbonyl (C=O) groups is 3. The average Bonchev–Trinajstić information content (AvgIpc) is 2.79. The van der Waals surface area contributed by atoms with Crippen molar-refractivity contribution in [1.82, 2.24) is 10.2 Å². The summed E-state index contributed by atoms with van der Waals surface area (Å²) in [4.78, 5) is 41.2. The van der Waals surface area contributed by atoms with Crippen LogP contribution in [0.5, 0.6) is 5.75 Å². The Labute approximate surface area is 218 Å². The number of benzene rings is 2. The molecule has 2 aromatic rings. The molecule has 9 nitrogen and oxygen atoms in total. The predicted octanol–water partition coefficient (Wildman–Crippen LogP) is 4.59. The lowest BCUT2D eigenvalue weighted by atomic mass is 9.97. The van der Waals surface area contributed by atoms with Crippen molar-refractivity contribution in [3.05, 3.63) is 59.2 Å². The zero-order valence-corrected chi connectivity index (χ0v) is 22.5. The van der Waals surface area contributed by atoms with Crippen LogP contribution >= 0.6 is 0 Å². The van der Waals surface area contributed by atoms with E-state index in [1.165, 1.54) is 12.1 Å². The molecule has 0 fully saturated rings. The highest BCUT2D eigenvalue weighted by molar-refractivity contribution is 5.99. The van der Waals surface area contributed by atoms with Gasteiger partial charge in [-0.3, -0.25) is 9.59 Å². The van der Waals surface area contributed by atoms with Gasteiger partial charge in [0.2, 0.25) is 5.91 Å². The summed E-state index contributed by atoms with van der Waals surface area (Å²) in [7, 11) is 0. The number of amides is 3.